The van der Waals surface area contributed by atoms with E-state index >= 15 is 0 Å². The predicted molar refractivity (Wildman–Crippen MR) is 91.9 cm³/mol. The van der Waals surface area contributed by atoms with Crippen LogP contribution in [0.4, 0.5) is 10.1 Å². The van der Waals surface area contributed by atoms with Crippen LogP contribution < -0.4 is 5.32 Å². The Labute approximate surface area is 144 Å². The summed E-state index contributed by atoms with van der Waals surface area (Å²) in [4.78, 5) is 9.95. The van der Waals surface area contributed by atoms with Crippen molar-refractivity contribution >= 4 is 5.69 Å². The fourth-order valence-electron chi connectivity index (χ4n) is 2.66. The third-order valence-electron chi connectivity index (χ3n) is 3.98. The molecule has 7 heteroatoms. The molecular formula is C18H17FN4O2. The molecule has 3 rings (SSSR count). The van der Waals surface area contributed by atoms with Crippen molar-refractivity contribution in [3.8, 4) is 5.69 Å². The van der Waals surface area contributed by atoms with E-state index in [4.69, 9.17) is 0 Å². The van der Waals surface area contributed by atoms with Gasteiger partial charge in [-0.25, -0.2) is 4.68 Å². The van der Waals surface area contributed by atoms with E-state index in [1.54, 1.807) is 16.9 Å². The molecule has 0 saturated heterocycles. The van der Waals surface area contributed by atoms with E-state index in [2.05, 4.69) is 10.4 Å². The van der Waals surface area contributed by atoms with Gasteiger partial charge >= 0.3 is 5.69 Å². The van der Waals surface area contributed by atoms with Gasteiger partial charge in [-0.2, -0.15) is 9.49 Å². The lowest BCUT2D eigenvalue weighted by molar-refractivity contribution is -0.387. The summed E-state index contributed by atoms with van der Waals surface area (Å²) in [7, 11) is 0. The molecular weight excluding hydrogens is 323 g/mol. The smallest absolute Gasteiger partial charge is 0.304 e. The molecule has 2 aromatic carbocycles. The molecule has 1 heterocycles. The number of nitro groups is 1. The molecule has 0 saturated carbocycles. The van der Waals surface area contributed by atoms with Crippen molar-refractivity contribution in [2.75, 3.05) is 0 Å². The lowest BCUT2D eigenvalue weighted by atomic mass is 10.1. The number of nitrogens with zero attached hydrogens (tertiary/aromatic N) is 3. The molecule has 1 atom stereocenters. The first kappa shape index (κ1) is 16.8. The van der Waals surface area contributed by atoms with Crippen LogP contribution in [0.25, 0.3) is 5.69 Å². The van der Waals surface area contributed by atoms with Gasteiger partial charge in [0, 0.05) is 31.0 Å². The zero-order valence-electron chi connectivity index (χ0n) is 13.6. The Bertz CT molecular complexity index is 881. The van der Waals surface area contributed by atoms with Crippen molar-refractivity contribution in [2.45, 2.75) is 19.5 Å². The van der Waals surface area contributed by atoms with Gasteiger partial charge in [0.2, 0.25) is 5.82 Å². The molecule has 0 unspecified atom stereocenters. The topological polar surface area (TPSA) is 73.0 Å². The van der Waals surface area contributed by atoms with Crippen LogP contribution in [-0.2, 0) is 6.54 Å². The zero-order chi connectivity index (χ0) is 17.8. The van der Waals surface area contributed by atoms with Crippen molar-refractivity contribution in [1.29, 1.82) is 0 Å². The Balaban J connectivity index is 1.75. The van der Waals surface area contributed by atoms with Gasteiger partial charge in [0.05, 0.1) is 10.6 Å². The molecule has 128 valence electrons. The number of nitro benzene ring substituents is 1. The zero-order valence-corrected chi connectivity index (χ0v) is 13.6. The molecule has 3 aromatic rings. The maximum atomic E-state index is 13.7. The number of benzene rings is 2. The monoisotopic (exact) mass is 340 g/mol. The van der Waals surface area contributed by atoms with Gasteiger partial charge in [0.25, 0.3) is 0 Å². The first-order chi connectivity index (χ1) is 12.1. The van der Waals surface area contributed by atoms with Gasteiger partial charge in [0.1, 0.15) is 0 Å². The molecule has 0 radical (unpaired) electrons. The number of hydrogen-bond acceptors (Lipinski definition) is 4. The highest BCUT2D eigenvalue weighted by atomic mass is 19.1. The number of nitrogens with one attached hydrogen (secondary N) is 1. The van der Waals surface area contributed by atoms with Gasteiger partial charge in [-0.3, -0.25) is 10.1 Å². The van der Waals surface area contributed by atoms with Crippen LogP contribution in [0.5, 0.6) is 0 Å². The molecule has 0 aliphatic heterocycles. The molecule has 1 N–H and O–H groups in total. The predicted octanol–water partition coefficient (Wildman–Crippen LogP) is 3.77. The Hall–Kier alpha value is -3.06. The van der Waals surface area contributed by atoms with Gasteiger partial charge in [-0.15, -0.1) is 0 Å². The van der Waals surface area contributed by atoms with E-state index in [9.17, 15) is 14.5 Å². The second-order valence-corrected chi connectivity index (χ2v) is 5.65. The fourth-order valence-corrected chi connectivity index (χ4v) is 2.66. The second kappa shape index (κ2) is 7.23. The Kier molecular flexibility index (Phi) is 4.85. The summed E-state index contributed by atoms with van der Waals surface area (Å²) in [5, 5.41) is 18.3. The van der Waals surface area contributed by atoms with Crippen LogP contribution in [-0.4, -0.2) is 14.7 Å². The van der Waals surface area contributed by atoms with Crippen LogP contribution in [0, 0.1) is 15.9 Å². The lowest BCUT2D eigenvalue weighted by Gasteiger charge is -2.18. The van der Waals surface area contributed by atoms with Crippen molar-refractivity contribution in [3.05, 3.63) is 88.0 Å². The largest absolute Gasteiger partial charge is 0.306 e. The van der Waals surface area contributed by atoms with Crippen molar-refractivity contribution in [1.82, 2.24) is 15.1 Å². The third-order valence-corrected chi connectivity index (χ3v) is 3.98. The van der Waals surface area contributed by atoms with Gasteiger partial charge < -0.3 is 5.32 Å². The average Bonchev–Trinajstić information content (AvgIpc) is 3.14. The minimum absolute atomic E-state index is 0.0151. The highest BCUT2D eigenvalue weighted by Gasteiger charge is 2.15. The van der Waals surface area contributed by atoms with Crippen LogP contribution in [0.15, 0.2) is 60.9 Å². The summed E-state index contributed by atoms with van der Waals surface area (Å²) < 4.78 is 15.5. The van der Waals surface area contributed by atoms with E-state index in [-0.39, 0.29) is 6.04 Å². The lowest BCUT2D eigenvalue weighted by Crippen LogP contribution is -2.20. The summed E-state index contributed by atoms with van der Waals surface area (Å²) in [6.45, 7) is 2.40. The molecule has 0 aliphatic rings. The molecule has 6 nitrogen and oxygen atoms in total. The summed E-state index contributed by atoms with van der Waals surface area (Å²) in [5.74, 6) is -0.825. The summed E-state index contributed by atoms with van der Waals surface area (Å²) >= 11 is 0. The highest BCUT2D eigenvalue weighted by Crippen LogP contribution is 2.22. The number of rotatable bonds is 6. The van der Waals surface area contributed by atoms with Crippen molar-refractivity contribution < 1.29 is 9.31 Å². The Morgan fingerprint density at radius 3 is 2.76 bits per heavy atom. The molecule has 0 aliphatic carbocycles. The van der Waals surface area contributed by atoms with Gasteiger partial charge in [-0.1, -0.05) is 24.3 Å². The maximum absolute atomic E-state index is 13.7. The SMILES string of the molecule is C[C@@H](NCc1ccc([N+](=O)[O-])c(F)c1)c1ccccc1-n1cccn1. The standard InChI is InChI=1S/C18H17FN4O2/c1-13(15-5-2-3-6-17(15)22-10-4-9-21-22)20-12-14-7-8-18(23(24)25)16(19)11-14/h2-11,13,20H,12H2,1H3/t13-/m1/s1. The molecule has 0 bridgehead atoms. The molecule has 0 spiro atoms. The minimum atomic E-state index is -0.825. The first-order valence-electron chi connectivity index (χ1n) is 7.81. The maximum Gasteiger partial charge on any atom is 0.304 e. The second-order valence-electron chi connectivity index (χ2n) is 5.65. The van der Waals surface area contributed by atoms with Crippen LogP contribution >= 0.6 is 0 Å². The fraction of sp³-hybridized carbons (Fsp3) is 0.167. The number of para-hydroxylation sites is 1. The van der Waals surface area contributed by atoms with E-state index in [1.807, 2.05) is 43.5 Å². The molecule has 25 heavy (non-hydrogen) atoms. The summed E-state index contributed by atoms with van der Waals surface area (Å²) in [5.41, 5.74) is 2.14. The Morgan fingerprint density at radius 1 is 1.28 bits per heavy atom. The van der Waals surface area contributed by atoms with E-state index in [1.165, 1.54) is 12.1 Å². The average molecular weight is 340 g/mol. The van der Waals surface area contributed by atoms with Crippen LogP contribution in [0.2, 0.25) is 0 Å². The number of hydrogen-bond donors (Lipinski definition) is 1. The van der Waals surface area contributed by atoms with E-state index < -0.39 is 16.4 Å². The van der Waals surface area contributed by atoms with E-state index in [0.717, 1.165) is 11.3 Å². The summed E-state index contributed by atoms with van der Waals surface area (Å²) in [6.07, 6.45) is 3.59. The van der Waals surface area contributed by atoms with Gasteiger partial charge in [0.15, 0.2) is 0 Å². The molecule has 0 fully saturated rings. The molecule has 1 aromatic heterocycles. The quantitative estimate of drug-likeness (QED) is 0.547. The van der Waals surface area contributed by atoms with Crippen LogP contribution in [0.1, 0.15) is 24.1 Å². The molecule has 0 amide bonds. The third kappa shape index (κ3) is 3.72. The summed E-state index contributed by atoms with van der Waals surface area (Å²) in [6, 6.07) is 13.7. The van der Waals surface area contributed by atoms with Crippen molar-refractivity contribution in [3.63, 3.8) is 0 Å². The van der Waals surface area contributed by atoms with Crippen LogP contribution in [0.3, 0.4) is 0 Å². The number of aromatic nitrogens is 2. The normalized spacial score (nSPS) is 12.1. The van der Waals surface area contributed by atoms with E-state index in [0.29, 0.717) is 12.1 Å². The number of halogens is 1. The van der Waals surface area contributed by atoms with Crippen molar-refractivity contribution in [2.24, 2.45) is 0 Å². The first-order valence-corrected chi connectivity index (χ1v) is 7.81. The van der Waals surface area contributed by atoms with Gasteiger partial charge in [-0.05, 0) is 36.2 Å². The Morgan fingerprint density at radius 2 is 2.08 bits per heavy atom. The highest BCUT2D eigenvalue weighted by molar-refractivity contribution is 5.42. The minimum Gasteiger partial charge on any atom is -0.306 e.